The maximum absolute atomic E-state index is 12.5. The first-order valence-electron chi connectivity index (χ1n) is 3.61. The largest absolute Gasteiger partial charge is 0.388 e. The van der Waals surface area contributed by atoms with Gasteiger partial charge in [0.25, 0.3) is 0 Å². The monoisotopic (exact) mass is 213 g/mol. The number of hydrogen-bond acceptors (Lipinski definition) is 3. The molecule has 0 unspecified atom stereocenters. The van der Waals surface area contributed by atoms with Gasteiger partial charge in [-0.05, 0) is 0 Å². The number of hydrogen-bond donors (Lipinski definition) is 1. The molecule has 0 aromatic carbocycles. The number of alkyl halides is 4. The summed E-state index contributed by atoms with van der Waals surface area (Å²) < 4.78 is 49.3. The lowest BCUT2D eigenvalue weighted by Crippen LogP contribution is -2.32. The molecule has 0 bridgehead atoms. The summed E-state index contributed by atoms with van der Waals surface area (Å²) in [4.78, 5) is 0. The van der Waals surface area contributed by atoms with Crippen LogP contribution in [0.25, 0.3) is 0 Å². The number of aromatic nitrogens is 3. The van der Waals surface area contributed by atoms with Gasteiger partial charge in [-0.1, -0.05) is 0 Å². The molecular formula is C6H7F4N3O. The molecule has 1 aromatic rings. The van der Waals surface area contributed by atoms with Crippen molar-refractivity contribution in [3.63, 3.8) is 0 Å². The van der Waals surface area contributed by atoms with Crippen LogP contribution in [0, 0.1) is 0 Å². The van der Waals surface area contributed by atoms with Gasteiger partial charge in [-0.25, -0.2) is 8.78 Å². The van der Waals surface area contributed by atoms with Gasteiger partial charge in [0.2, 0.25) is 0 Å². The van der Waals surface area contributed by atoms with Crippen molar-refractivity contribution in [3.05, 3.63) is 12.2 Å². The summed E-state index contributed by atoms with van der Waals surface area (Å²) in [5.74, 6) is -4.32. The third-order valence-electron chi connectivity index (χ3n) is 1.54. The van der Waals surface area contributed by atoms with Crippen molar-refractivity contribution in [2.45, 2.75) is 25.5 Å². The van der Waals surface area contributed by atoms with Crippen LogP contribution in [-0.4, -0.2) is 32.2 Å². The van der Waals surface area contributed by atoms with Crippen LogP contribution >= 0.6 is 0 Å². The van der Waals surface area contributed by atoms with Gasteiger partial charge in [0.1, 0.15) is 12.9 Å². The first-order valence-corrected chi connectivity index (χ1v) is 3.61. The highest BCUT2D eigenvalue weighted by Crippen LogP contribution is 2.24. The van der Waals surface area contributed by atoms with Gasteiger partial charge in [-0.15, -0.1) is 10.2 Å². The minimum atomic E-state index is -4.15. The zero-order valence-electron chi connectivity index (χ0n) is 6.87. The van der Waals surface area contributed by atoms with E-state index >= 15 is 0 Å². The standard InChI is InChI=1S/C6H7F4N3O/c7-5(8)6(9,10)2-13-3-11-12-4(13)1-14/h3,5,14H,1-2H2. The average Bonchev–Trinajstić information content (AvgIpc) is 2.50. The minimum Gasteiger partial charge on any atom is -0.388 e. The second kappa shape index (κ2) is 3.91. The highest BCUT2D eigenvalue weighted by atomic mass is 19.3. The summed E-state index contributed by atoms with van der Waals surface area (Å²) in [5.41, 5.74) is 0. The molecule has 0 radical (unpaired) electrons. The molecule has 0 aliphatic rings. The number of nitrogens with zero attached hydrogens (tertiary/aromatic N) is 3. The number of halogens is 4. The Balaban J connectivity index is 2.78. The van der Waals surface area contributed by atoms with Gasteiger partial charge in [0, 0.05) is 0 Å². The molecule has 0 saturated heterocycles. The first-order chi connectivity index (χ1) is 6.47. The molecule has 8 heteroatoms. The molecule has 4 nitrogen and oxygen atoms in total. The Morgan fingerprint density at radius 3 is 2.64 bits per heavy atom. The summed E-state index contributed by atoms with van der Waals surface area (Å²) in [6.45, 7) is -1.87. The van der Waals surface area contributed by atoms with Gasteiger partial charge in [0.15, 0.2) is 5.82 Å². The van der Waals surface area contributed by atoms with Crippen LogP contribution < -0.4 is 0 Å². The van der Waals surface area contributed by atoms with Gasteiger partial charge >= 0.3 is 12.3 Å². The lowest BCUT2D eigenvalue weighted by atomic mass is 10.3. The van der Waals surface area contributed by atoms with E-state index in [1.165, 1.54) is 0 Å². The van der Waals surface area contributed by atoms with Crippen LogP contribution in [0.1, 0.15) is 5.82 Å². The third kappa shape index (κ3) is 2.19. The van der Waals surface area contributed by atoms with Crippen molar-refractivity contribution in [1.29, 1.82) is 0 Å². The van der Waals surface area contributed by atoms with E-state index < -0.39 is 25.5 Å². The SMILES string of the molecule is OCc1nncn1CC(F)(F)C(F)F. The molecular weight excluding hydrogens is 206 g/mol. The normalized spacial score (nSPS) is 12.4. The third-order valence-corrected chi connectivity index (χ3v) is 1.54. The molecule has 1 N–H and O–H groups in total. The van der Waals surface area contributed by atoms with E-state index in [2.05, 4.69) is 10.2 Å². The van der Waals surface area contributed by atoms with E-state index in [4.69, 9.17) is 5.11 Å². The number of aliphatic hydroxyl groups excluding tert-OH is 1. The molecule has 1 rings (SSSR count). The van der Waals surface area contributed by atoms with E-state index in [0.29, 0.717) is 4.57 Å². The smallest absolute Gasteiger partial charge is 0.324 e. The summed E-state index contributed by atoms with van der Waals surface area (Å²) >= 11 is 0. The van der Waals surface area contributed by atoms with Crippen molar-refractivity contribution in [1.82, 2.24) is 14.8 Å². The number of aliphatic hydroxyl groups is 1. The Labute approximate surface area is 76.2 Å². The molecule has 0 aliphatic heterocycles. The predicted molar refractivity (Wildman–Crippen MR) is 36.9 cm³/mol. The summed E-state index contributed by atoms with van der Waals surface area (Å²) in [5, 5.41) is 15.1. The van der Waals surface area contributed by atoms with Crippen LogP contribution in [0.3, 0.4) is 0 Å². The Kier molecular flexibility index (Phi) is 3.04. The molecule has 80 valence electrons. The molecule has 0 spiro atoms. The van der Waals surface area contributed by atoms with Crippen LogP contribution in [0.15, 0.2) is 6.33 Å². The van der Waals surface area contributed by atoms with Crippen molar-refractivity contribution in [3.8, 4) is 0 Å². The Morgan fingerprint density at radius 1 is 1.50 bits per heavy atom. The van der Waals surface area contributed by atoms with Crippen molar-refractivity contribution in [2.24, 2.45) is 0 Å². The highest BCUT2D eigenvalue weighted by molar-refractivity contribution is 4.85. The zero-order valence-corrected chi connectivity index (χ0v) is 6.87. The van der Waals surface area contributed by atoms with E-state index in [9.17, 15) is 17.6 Å². The molecule has 0 atom stereocenters. The molecule has 1 aromatic heterocycles. The lowest BCUT2D eigenvalue weighted by molar-refractivity contribution is -0.138. The fourth-order valence-electron chi connectivity index (χ4n) is 0.830. The van der Waals surface area contributed by atoms with Crippen LogP contribution in [0.2, 0.25) is 0 Å². The van der Waals surface area contributed by atoms with Gasteiger partial charge in [0.05, 0.1) is 6.54 Å². The quantitative estimate of drug-likeness (QED) is 0.748. The van der Waals surface area contributed by atoms with Crippen molar-refractivity contribution in [2.75, 3.05) is 0 Å². The highest BCUT2D eigenvalue weighted by Gasteiger charge is 2.41. The van der Waals surface area contributed by atoms with Crippen molar-refractivity contribution < 1.29 is 22.7 Å². The first kappa shape index (κ1) is 10.9. The van der Waals surface area contributed by atoms with E-state index in [1.807, 2.05) is 0 Å². The predicted octanol–water partition coefficient (Wildman–Crippen LogP) is 0.671. The van der Waals surface area contributed by atoms with Crippen LogP contribution in [-0.2, 0) is 13.2 Å². The minimum absolute atomic E-state index is 0.176. The number of rotatable bonds is 4. The summed E-state index contributed by atoms with van der Waals surface area (Å²) in [6, 6.07) is 0. The van der Waals surface area contributed by atoms with E-state index in [1.54, 1.807) is 0 Å². The maximum atomic E-state index is 12.5. The Morgan fingerprint density at radius 2 is 2.14 bits per heavy atom. The van der Waals surface area contributed by atoms with E-state index in [0.717, 1.165) is 6.33 Å². The molecule has 0 saturated carbocycles. The Bertz CT molecular complexity index is 301. The fourth-order valence-corrected chi connectivity index (χ4v) is 0.830. The maximum Gasteiger partial charge on any atom is 0.324 e. The van der Waals surface area contributed by atoms with Crippen molar-refractivity contribution >= 4 is 0 Å². The molecule has 0 amide bonds. The summed E-state index contributed by atoms with van der Waals surface area (Å²) in [7, 11) is 0. The summed E-state index contributed by atoms with van der Waals surface area (Å²) in [6.07, 6.45) is -2.89. The van der Waals surface area contributed by atoms with Gasteiger partial charge in [-0.3, -0.25) is 0 Å². The Hall–Kier alpha value is -1.18. The topological polar surface area (TPSA) is 50.9 Å². The van der Waals surface area contributed by atoms with Crippen LogP contribution in [0.5, 0.6) is 0 Å². The molecule has 0 fully saturated rings. The van der Waals surface area contributed by atoms with Crippen LogP contribution in [0.4, 0.5) is 17.6 Å². The van der Waals surface area contributed by atoms with E-state index in [-0.39, 0.29) is 5.82 Å². The lowest BCUT2D eigenvalue weighted by Gasteiger charge is -2.15. The zero-order chi connectivity index (χ0) is 10.8. The van der Waals surface area contributed by atoms with Gasteiger partial charge < -0.3 is 9.67 Å². The molecule has 14 heavy (non-hydrogen) atoms. The molecule has 0 aliphatic carbocycles. The van der Waals surface area contributed by atoms with Gasteiger partial charge in [-0.2, -0.15) is 8.78 Å². The fraction of sp³-hybridized carbons (Fsp3) is 0.667. The average molecular weight is 213 g/mol. The second-order valence-electron chi connectivity index (χ2n) is 2.59. The second-order valence-corrected chi connectivity index (χ2v) is 2.59. The molecule has 1 heterocycles.